The molecule has 2 amide bonds. The number of amides is 2. The van der Waals surface area contributed by atoms with Gasteiger partial charge in [-0.25, -0.2) is 0 Å². The highest BCUT2D eigenvalue weighted by Gasteiger charge is 2.35. The Kier molecular flexibility index (Phi) is 5.36. The molecule has 1 aliphatic heterocycles. The van der Waals surface area contributed by atoms with Crippen molar-refractivity contribution in [3.63, 3.8) is 0 Å². The van der Waals surface area contributed by atoms with Crippen molar-refractivity contribution in [2.75, 3.05) is 33.3 Å². The van der Waals surface area contributed by atoms with Crippen LogP contribution >= 0.6 is 0 Å². The van der Waals surface area contributed by atoms with Gasteiger partial charge in [0, 0.05) is 31.7 Å². The number of hydrogen-bond acceptors (Lipinski definition) is 3. The molecule has 8 heteroatoms. The fraction of sp³-hybridized carbons (Fsp3) is 0.500. The number of methoxy groups -OCH3 is 1. The molecule has 0 atom stereocenters. The monoisotopic (exact) mass is 344 g/mol. The molecule has 0 saturated carbocycles. The normalized spacial score (nSPS) is 15.4. The van der Waals surface area contributed by atoms with Crippen LogP contribution in [0.5, 0.6) is 5.75 Å². The highest BCUT2D eigenvalue weighted by Crippen LogP contribution is 2.22. The lowest BCUT2D eigenvalue weighted by molar-refractivity contribution is -0.162. The van der Waals surface area contributed by atoms with Crippen LogP contribution in [0.25, 0.3) is 0 Å². The number of benzene rings is 1. The summed E-state index contributed by atoms with van der Waals surface area (Å²) in [5, 5.41) is 0. The summed E-state index contributed by atoms with van der Waals surface area (Å²) in [4.78, 5) is 26.7. The van der Waals surface area contributed by atoms with Crippen LogP contribution in [0, 0.1) is 6.92 Å². The van der Waals surface area contributed by atoms with E-state index in [1.807, 2.05) is 6.92 Å². The number of carbonyl (C=O) groups excluding carboxylic acids is 2. The molecule has 0 bridgehead atoms. The summed E-state index contributed by atoms with van der Waals surface area (Å²) in [6.45, 7) is 2.47. The zero-order chi connectivity index (χ0) is 17.9. The van der Waals surface area contributed by atoms with Crippen molar-refractivity contribution in [3.05, 3.63) is 29.3 Å². The van der Waals surface area contributed by atoms with Gasteiger partial charge in [0.25, 0.3) is 5.91 Å². The summed E-state index contributed by atoms with van der Waals surface area (Å²) in [6.07, 6.45) is -5.97. The summed E-state index contributed by atoms with van der Waals surface area (Å²) in [7, 11) is 1.52. The van der Waals surface area contributed by atoms with Gasteiger partial charge in [0.2, 0.25) is 5.91 Å². The number of rotatable bonds is 3. The summed E-state index contributed by atoms with van der Waals surface area (Å²) >= 11 is 0. The molecule has 0 spiro atoms. The third-order valence-electron chi connectivity index (χ3n) is 3.93. The summed E-state index contributed by atoms with van der Waals surface area (Å²) in [6, 6.07) is 5.09. The molecule has 1 saturated heterocycles. The fourth-order valence-electron chi connectivity index (χ4n) is 2.58. The van der Waals surface area contributed by atoms with E-state index in [0.717, 1.165) is 10.5 Å². The van der Waals surface area contributed by atoms with Crippen molar-refractivity contribution in [2.24, 2.45) is 0 Å². The van der Waals surface area contributed by atoms with Crippen molar-refractivity contribution >= 4 is 11.8 Å². The minimum Gasteiger partial charge on any atom is -0.496 e. The number of carbonyl (C=O) groups is 2. The Labute approximate surface area is 138 Å². The molecule has 1 aromatic carbocycles. The molecular formula is C16H19F3N2O3. The zero-order valence-corrected chi connectivity index (χ0v) is 13.5. The van der Waals surface area contributed by atoms with Gasteiger partial charge in [-0.3, -0.25) is 9.59 Å². The first kappa shape index (κ1) is 18.1. The molecule has 24 heavy (non-hydrogen) atoms. The van der Waals surface area contributed by atoms with Crippen LogP contribution in [-0.2, 0) is 4.79 Å². The second-order valence-electron chi connectivity index (χ2n) is 5.65. The lowest BCUT2D eigenvalue weighted by Crippen LogP contribution is -2.51. The lowest BCUT2D eigenvalue weighted by Gasteiger charge is -2.35. The van der Waals surface area contributed by atoms with Gasteiger partial charge >= 0.3 is 6.18 Å². The first-order chi connectivity index (χ1) is 11.2. The number of alkyl halides is 3. The topological polar surface area (TPSA) is 49.9 Å². The predicted octanol–water partition coefficient (Wildman–Crippen LogP) is 2.24. The third-order valence-corrected chi connectivity index (χ3v) is 3.93. The minimum atomic E-state index is -4.51. The summed E-state index contributed by atoms with van der Waals surface area (Å²) in [5.41, 5.74) is 1.35. The van der Waals surface area contributed by atoms with Crippen LogP contribution in [0.2, 0.25) is 0 Å². The van der Waals surface area contributed by atoms with Crippen LogP contribution in [0.1, 0.15) is 22.3 Å². The van der Waals surface area contributed by atoms with E-state index in [1.165, 1.54) is 12.0 Å². The average molecular weight is 344 g/mol. The van der Waals surface area contributed by atoms with Crippen molar-refractivity contribution in [1.82, 2.24) is 9.80 Å². The van der Waals surface area contributed by atoms with Crippen molar-refractivity contribution in [1.29, 1.82) is 0 Å². The van der Waals surface area contributed by atoms with Crippen molar-refractivity contribution < 1.29 is 27.5 Å². The maximum absolute atomic E-state index is 12.5. The van der Waals surface area contributed by atoms with Gasteiger partial charge in [0.15, 0.2) is 0 Å². The number of aryl methyl sites for hydroxylation is 1. The number of hydrogen-bond donors (Lipinski definition) is 0. The molecule has 1 fully saturated rings. The van der Waals surface area contributed by atoms with Crippen molar-refractivity contribution in [3.8, 4) is 5.75 Å². The molecule has 0 aliphatic carbocycles. The standard InChI is InChI=1S/C16H19F3N2O3/c1-11-3-4-12(9-13(11)24-2)15(23)21-7-5-20(6-8-21)14(22)10-16(17,18)19/h3-4,9H,5-8,10H2,1-2H3. The molecule has 0 N–H and O–H groups in total. The molecule has 1 aliphatic rings. The Morgan fingerprint density at radius 2 is 1.71 bits per heavy atom. The van der Waals surface area contributed by atoms with Gasteiger partial charge in [-0.15, -0.1) is 0 Å². The molecule has 0 radical (unpaired) electrons. The van der Waals surface area contributed by atoms with Gasteiger partial charge in [0.1, 0.15) is 12.2 Å². The average Bonchev–Trinajstić information content (AvgIpc) is 2.53. The van der Waals surface area contributed by atoms with Crippen LogP contribution in [0.15, 0.2) is 18.2 Å². The van der Waals surface area contributed by atoms with E-state index >= 15 is 0 Å². The Balaban J connectivity index is 1.97. The van der Waals surface area contributed by atoms with Crippen LogP contribution in [-0.4, -0.2) is 61.1 Å². The summed E-state index contributed by atoms with van der Waals surface area (Å²) < 4.78 is 42.0. The van der Waals surface area contributed by atoms with E-state index in [0.29, 0.717) is 11.3 Å². The van der Waals surface area contributed by atoms with E-state index in [9.17, 15) is 22.8 Å². The smallest absolute Gasteiger partial charge is 0.397 e. The second kappa shape index (κ2) is 7.11. The molecule has 0 unspecified atom stereocenters. The molecule has 132 valence electrons. The van der Waals surface area contributed by atoms with E-state index in [2.05, 4.69) is 0 Å². The van der Waals surface area contributed by atoms with Gasteiger partial charge in [0.05, 0.1) is 7.11 Å². The lowest BCUT2D eigenvalue weighted by atomic mass is 10.1. The van der Waals surface area contributed by atoms with Crippen LogP contribution in [0.4, 0.5) is 13.2 Å². The molecule has 1 heterocycles. The number of ether oxygens (including phenoxy) is 1. The molecular weight excluding hydrogens is 325 g/mol. The maximum Gasteiger partial charge on any atom is 0.397 e. The Hall–Kier alpha value is -2.25. The fourth-order valence-corrected chi connectivity index (χ4v) is 2.58. The van der Waals surface area contributed by atoms with Gasteiger partial charge in [-0.1, -0.05) is 6.07 Å². The first-order valence-electron chi connectivity index (χ1n) is 7.49. The van der Waals surface area contributed by atoms with Crippen LogP contribution < -0.4 is 4.74 Å². The zero-order valence-electron chi connectivity index (χ0n) is 13.5. The number of nitrogens with zero attached hydrogens (tertiary/aromatic N) is 2. The van der Waals surface area contributed by atoms with Gasteiger partial charge < -0.3 is 14.5 Å². The first-order valence-corrected chi connectivity index (χ1v) is 7.49. The quantitative estimate of drug-likeness (QED) is 0.845. The molecule has 5 nitrogen and oxygen atoms in total. The van der Waals surface area contributed by atoms with Crippen LogP contribution in [0.3, 0.4) is 0 Å². The second-order valence-corrected chi connectivity index (χ2v) is 5.65. The SMILES string of the molecule is COc1cc(C(=O)N2CCN(C(=O)CC(F)(F)F)CC2)ccc1C. The van der Waals surface area contributed by atoms with E-state index < -0.39 is 18.5 Å². The van der Waals surface area contributed by atoms with Gasteiger partial charge in [-0.05, 0) is 24.6 Å². The van der Waals surface area contributed by atoms with Crippen molar-refractivity contribution in [2.45, 2.75) is 19.5 Å². The Bertz CT molecular complexity index is 623. The maximum atomic E-state index is 12.5. The van der Waals surface area contributed by atoms with E-state index in [4.69, 9.17) is 4.74 Å². The van der Waals surface area contributed by atoms with E-state index in [-0.39, 0.29) is 32.1 Å². The molecule has 0 aromatic heterocycles. The van der Waals surface area contributed by atoms with Gasteiger partial charge in [-0.2, -0.15) is 13.2 Å². The molecule has 1 aromatic rings. The highest BCUT2D eigenvalue weighted by atomic mass is 19.4. The Morgan fingerprint density at radius 3 is 2.25 bits per heavy atom. The predicted molar refractivity (Wildman–Crippen MR) is 80.9 cm³/mol. The number of halogens is 3. The summed E-state index contributed by atoms with van der Waals surface area (Å²) in [5.74, 6) is -0.581. The number of piperazine rings is 1. The highest BCUT2D eigenvalue weighted by molar-refractivity contribution is 5.95. The Morgan fingerprint density at radius 1 is 1.12 bits per heavy atom. The minimum absolute atomic E-state index is 0.101. The van der Waals surface area contributed by atoms with E-state index in [1.54, 1.807) is 18.2 Å². The molecule has 2 rings (SSSR count). The third kappa shape index (κ3) is 4.39. The largest absolute Gasteiger partial charge is 0.496 e.